The Labute approximate surface area is 107 Å². The van der Waals surface area contributed by atoms with Gasteiger partial charge in [-0.1, -0.05) is 12.1 Å². The van der Waals surface area contributed by atoms with E-state index in [2.05, 4.69) is 0 Å². The number of halogens is 3. The number of hydrogen-bond acceptors (Lipinski definition) is 3. The van der Waals surface area contributed by atoms with Crippen LogP contribution in [0.3, 0.4) is 0 Å². The van der Waals surface area contributed by atoms with Crippen molar-refractivity contribution in [3.05, 3.63) is 24.3 Å². The van der Waals surface area contributed by atoms with Crippen LogP contribution in [0.15, 0.2) is 24.3 Å². The second-order valence-corrected chi connectivity index (χ2v) is 3.71. The zero-order valence-corrected chi connectivity index (χ0v) is 9.94. The van der Waals surface area contributed by atoms with Crippen molar-refractivity contribution in [1.82, 2.24) is 5.32 Å². The molecule has 0 saturated heterocycles. The molecule has 0 saturated carbocycles. The van der Waals surface area contributed by atoms with Crippen molar-refractivity contribution >= 4 is 17.4 Å². The van der Waals surface area contributed by atoms with Crippen LogP contribution in [-0.4, -0.2) is 37.0 Å². The lowest BCUT2D eigenvalue weighted by molar-refractivity contribution is -0.122. The summed E-state index contributed by atoms with van der Waals surface area (Å²) in [7, 11) is 0. The summed E-state index contributed by atoms with van der Waals surface area (Å²) in [5.74, 6) is 0. The molecule has 0 heterocycles. The highest BCUT2D eigenvalue weighted by atomic mass is 19.4. The predicted molar refractivity (Wildman–Crippen MR) is 64.7 cm³/mol. The number of nitrogens with two attached hydrogens (primary N) is 1. The van der Waals surface area contributed by atoms with Crippen molar-refractivity contribution < 1.29 is 23.1 Å². The Bertz CT molecular complexity index is 437. The van der Waals surface area contributed by atoms with Gasteiger partial charge < -0.3 is 16.2 Å². The molecular weight excluding hydrogens is 263 g/mol. The molecule has 1 aromatic rings. The summed E-state index contributed by atoms with van der Waals surface area (Å²) < 4.78 is 36.1. The highest BCUT2D eigenvalue weighted by Gasteiger charge is 2.29. The van der Waals surface area contributed by atoms with Gasteiger partial charge in [-0.3, -0.25) is 4.90 Å². The van der Waals surface area contributed by atoms with Crippen molar-refractivity contribution in [3.8, 4) is 0 Å². The summed E-state index contributed by atoms with van der Waals surface area (Å²) in [6.45, 7) is -1.99. The van der Waals surface area contributed by atoms with E-state index in [0.29, 0.717) is 0 Å². The largest absolute Gasteiger partial charge is 0.405 e. The quantitative estimate of drug-likeness (QED) is 0.727. The van der Waals surface area contributed by atoms with Gasteiger partial charge in [0.15, 0.2) is 0 Å². The number of anilines is 2. The molecule has 0 bridgehead atoms. The number of nitrogens with zero attached hydrogens (tertiary/aromatic N) is 1. The van der Waals surface area contributed by atoms with E-state index in [1.807, 2.05) is 0 Å². The van der Waals surface area contributed by atoms with Gasteiger partial charge in [0, 0.05) is 0 Å². The summed E-state index contributed by atoms with van der Waals surface area (Å²) in [6.07, 6.45) is -4.50. The molecule has 19 heavy (non-hydrogen) atoms. The molecule has 8 heteroatoms. The molecule has 0 aliphatic carbocycles. The van der Waals surface area contributed by atoms with E-state index in [0.717, 1.165) is 4.90 Å². The topological polar surface area (TPSA) is 78.6 Å². The van der Waals surface area contributed by atoms with Crippen LogP contribution in [0.5, 0.6) is 0 Å². The molecule has 0 fully saturated rings. The molecule has 0 aliphatic heterocycles. The van der Waals surface area contributed by atoms with Crippen molar-refractivity contribution in [2.75, 3.05) is 30.3 Å². The normalized spacial score (nSPS) is 11.2. The highest BCUT2D eigenvalue weighted by molar-refractivity contribution is 5.95. The molecule has 1 rings (SSSR count). The first-order valence-corrected chi connectivity index (χ1v) is 5.42. The molecule has 0 radical (unpaired) electrons. The van der Waals surface area contributed by atoms with Crippen molar-refractivity contribution in [2.45, 2.75) is 6.18 Å². The molecule has 5 nitrogen and oxygen atoms in total. The predicted octanol–water partition coefficient (Wildman–Crippen LogP) is 1.34. The van der Waals surface area contributed by atoms with Gasteiger partial charge in [0.25, 0.3) is 0 Å². The van der Waals surface area contributed by atoms with Crippen LogP contribution >= 0.6 is 0 Å². The summed E-state index contributed by atoms with van der Waals surface area (Å²) in [6, 6.07) is 5.25. The minimum atomic E-state index is -4.50. The number of nitrogen functional groups attached to an aromatic ring is 1. The first-order valence-electron chi connectivity index (χ1n) is 5.42. The van der Waals surface area contributed by atoms with Crippen LogP contribution in [0, 0.1) is 0 Å². The minimum Gasteiger partial charge on any atom is -0.397 e. The number of carbonyl (C=O) groups excluding carboxylic acids is 1. The van der Waals surface area contributed by atoms with Crippen molar-refractivity contribution in [1.29, 1.82) is 0 Å². The molecule has 0 aromatic heterocycles. The summed E-state index contributed by atoms with van der Waals surface area (Å²) in [5, 5.41) is 10.6. The lowest BCUT2D eigenvalue weighted by Crippen LogP contribution is -2.45. The molecule has 0 unspecified atom stereocenters. The summed E-state index contributed by atoms with van der Waals surface area (Å²) in [4.78, 5) is 12.6. The van der Waals surface area contributed by atoms with E-state index in [-0.39, 0.29) is 17.9 Å². The number of para-hydroxylation sites is 2. The molecule has 106 valence electrons. The standard InChI is InChI=1S/C11H14F3N3O2/c12-11(13,14)7-16-10(19)17(5-6-18)9-4-2-1-3-8(9)15/h1-4,18H,5-7,15H2,(H,16,19). The molecule has 1 aromatic carbocycles. The average Bonchev–Trinajstić information content (AvgIpc) is 2.33. The van der Waals surface area contributed by atoms with Gasteiger partial charge in [0.1, 0.15) is 6.54 Å². The van der Waals surface area contributed by atoms with Gasteiger partial charge in [-0.25, -0.2) is 4.79 Å². The number of aliphatic hydroxyl groups is 1. The summed E-state index contributed by atoms with van der Waals surface area (Å²) in [5.41, 5.74) is 6.13. The van der Waals surface area contributed by atoms with Crippen LogP contribution in [0.1, 0.15) is 0 Å². The average molecular weight is 277 g/mol. The van der Waals surface area contributed by atoms with E-state index in [1.165, 1.54) is 12.1 Å². The second-order valence-electron chi connectivity index (χ2n) is 3.71. The van der Waals surface area contributed by atoms with Gasteiger partial charge in [0.2, 0.25) is 0 Å². The lowest BCUT2D eigenvalue weighted by atomic mass is 10.2. The molecule has 0 aliphatic rings. The van der Waals surface area contributed by atoms with Crippen LogP contribution in [0.25, 0.3) is 0 Å². The highest BCUT2D eigenvalue weighted by Crippen LogP contribution is 2.22. The maximum absolute atomic E-state index is 12.0. The molecule has 2 amide bonds. The smallest absolute Gasteiger partial charge is 0.397 e. The number of benzene rings is 1. The van der Waals surface area contributed by atoms with E-state index in [9.17, 15) is 18.0 Å². The number of carbonyl (C=O) groups is 1. The van der Waals surface area contributed by atoms with E-state index >= 15 is 0 Å². The Kier molecular flexibility index (Phi) is 4.99. The Morgan fingerprint density at radius 2 is 2.00 bits per heavy atom. The summed E-state index contributed by atoms with van der Waals surface area (Å²) >= 11 is 0. The molecule has 4 N–H and O–H groups in total. The van der Waals surface area contributed by atoms with E-state index < -0.39 is 25.4 Å². The van der Waals surface area contributed by atoms with Crippen LogP contribution in [0.4, 0.5) is 29.3 Å². The minimum absolute atomic E-state index is 0.155. The van der Waals surface area contributed by atoms with Crippen molar-refractivity contribution in [2.24, 2.45) is 0 Å². The van der Waals surface area contributed by atoms with Crippen molar-refractivity contribution in [3.63, 3.8) is 0 Å². The van der Waals surface area contributed by atoms with Crippen LogP contribution < -0.4 is 16.0 Å². The third-order valence-electron chi connectivity index (χ3n) is 2.24. The van der Waals surface area contributed by atoms with Gasteiger partial charge in [-0.15, -0.1) is 0 Å². The Balaban J connectivity index is 2.83. The Hall–Kier alpha value is -1.96. The first kappa shape index (κ1) is 15.1. The second kappa shape index (κ2) is 6.28. The van der Waals surface area contributed by atoms with Gasteiger partial charge in [0.05, 0.1) is 24.5 Å². The van der Waals surface area contributed by atoms with Gasteiger partial charge >= 0.3 is 12.2 Å². The number of rotatable bonds is 4. The number of aliphatic hydroxyl groups excluding tert-OH is 1. The Morgan fingerprint density at radius 1 is 1.37 bits per heavy atom. The monoisotopic (exact) mass is 277 g/mol. The van der Waals surface area contributed by atoms with E-state index in [4.69, 9.17) is 10.8 Å². The van der Waals surface area contributed by atoms with Gasteiger partial charge in [-0.2, -0.15) is 13.2 Å². The zero-order chi connectivity index (χ0) is 14.5. The zero-order valence-electron chi connectivity index (χ0n) is 9.94. The first-order chi connectivity index (χ1) is 8.85. The lowest BCUT2D eigenvalue weighted by Gasteiger charge is -2.24. The third kappa shape index (κ3) is 4.66. The number of amides is 2. The molecule has 0 spiro atoms. The van der Waals surface area contributed by atoms with Crippen LogP contribution in [-0.2, 0) is 0 Å². The fourth-order valence-electron chi connectivity index (χ4n) is 1.44. The molecular formula is C11H14F3N3O2. The Morgan fingerprint density at radius 3 is 2.53 bits per heavy atom. The fourth-order valence-corrected chi connectivity index (χ4v) is 1.44. The van der Waals surface area contributed by atoms with Gasteiger partial charge in [-0.05, 0) is 12.1 Å². The van der Waals surface area contributed by atoms with E-state index in [1.54, 1.807) is 17.4 Å². The molecule has 0 atom stereocenters. The number of alkyl halides is 3. The fraction of sp³-hybridized carbons (Fsp3) is 0.364. The third-order valence-corrected chi connectivity index (χ3v) is 2.24. The SMILES string of the molecule is Nc1ccccc1N(CCO)C(=O)NCC(F)(F)F. The maximum atomic E-state index is 12.0. The number of hydrogen-bond donors (Lipinski definition) is 3. The maximum Gasteiger partial charge on any atom is 0.405 e. The van der Waals surface area contributed by atoms with Crippen LogP contribution in [0.2, 0.25) is 0 Å². The number of nitrogens with one attached hydrogen (secondary N) is 1. The number of urea groups is 1.